The highest BCUT2D eigenvalue weighted by Gasteiger charge is 2.27. The quantitative estimate of drug-likeness (QED) is 0.567. The van der Waals surface area contributed by atoms with Gasteiger partial charge < -0.3 is 18.8 Å². The number of rotatable bonds is 5. The molecule has 31 heavy (non-hydrogen) atoms. The summed E-state index contributed by atoms with van der Waals surface area (Å²) >= 11 is 1.53. The fourth-order valence-electron chi connectivity index (χ4n) is 3.37. The summed E-state index contributed by atoms with van der Waals surface area (Å²) in [5.74, 6) is 0.754. The van der Waals surface area contributed by atoms with Gasteiger partial charge in [-0.2, -0.15) is 0 Å². The van der Waals surface area contributed by atoms with Crippen molar-refractivity contribution in [2.75, 3.05) is 26.2 Å². The summed E-state index contributed by atoms with van der Waals surface area (Å²) in [6.07, 6.45) is 3.61. The Morgan fingerprint density at radius 3 is 2.45 bits per heavy atom. The second-order valence-electron chi connectivity index (χ2n) is 7.42. The van der Waals surface area contributed by atoms with Crippen molar-refractivity contribution in [2.24, 2.45) is 7.05 Å². The molecular formula is C22H23FN4O3S. The van der Waals surface area contributed by atoms with Crippen LogP contribution in [0.4, 0.5) is 4.39 Å². The van der Waals surface area contributed by atoms with Gasteiger partial charge in [-0.05, 0) is 36.8 Å². The molecule has 7 nitrogen and oxygen atoms in total. The molecule has 9 heteroatoms. The molecule has 2 amide bonds. The zero-order valence-corrected chi connectivity index (χ0v) is 18.2. The highest BCUT2D eigenvalue weighted by Crippen LogP contribution is 2.23. The molecule has 0 bridgehead atoms. The van der Waals surface area contributed by atoms with E-state index in [0.717, 1.165) is 5.16 Å². The highest BCUT2D eigenvalue weighted by atomic mass is 32.2. The summed E-state index contributed by atoms with van der Waals surface area (Å²) in [6.45, 7) is 3.24. The first-order valence-electron chi connectivity index (χ1n) is 9.96. The molecule has 0 unspecified atom stereocenters. The number of piperazine rings is 1. The third-order valence-corrected chi connectivity index (χ3v) is 6.35. The van der Waals surface area contributed by atoms with Crippen molar-refractivity contribution in [3.05, 3.63) is 71.2 Å². The minimum atomic E-state index is -0.394. The molecule has 0 spiro atoms. The number of hydrogen-bond acceptors (Lipinski definition) is 5. The number of hydrogen-bond donors (Lipinski definition) is 0. The largest absolute Gasteiger partial charge is 0.455 e. The number of imidazole rings is 1. The van der Waals surface area contributed by atoms with Gasteiger partial charge in [0, 0.05) is 51.2 Å². The predicted molar refractivity (Wildman–Crippen MR) is 114 cm³/mol. The second-order valence-corrected chi connectivity index (χ2v) is 8.37. The third kappa shape index (κ3) is 4.66. The minimum Gasteiger partial charge on any atom is -0.455 e. The number of thioether (sulfide) groups is 1. The average molecular weight is 443 g/mol. The maximum atomic E-state index is 13.8. The Morgan fingerprint density at radius 1 is 1.10 bits per heavy atom. The van der Waals surface area contributed by atoms with E-state index in [1.807, 2.05) is 17.8 Å². The number of benzene rings is 1. The number of furan rings is 1. The standard InChI is InChI=1S/C22H23FN4O3S/c1-15-3-4-16(13-18(15)23)20(28)26-9-11-27(12-10-26)21(29)19-6-5-17(30-19)14-31-22-24-7-8-25(22)2/h3-8,13H,9-12,14H2,1-2H3. The molecule has 0 saturated carbocycles. The Kier molecular flexibility index (Phi) is 6.13. The number of aryl methyl sites for hydroxylation is 2. The fraction of sp³-hybridized carbons (Fsp3) is 0.318. The van der Waals surface area contributed by atoms with Crippen LogP contribution in [0.5, 0.6) is 0 Å². The molecule has 0 aliphatic carbocycles. The molecule has 2 aromatic heterocycles. The zero-order chi connectivity index (χ0) is 22.0. The normalized spacial score (nSPS) is 14.2. The lowest BCUT2D eigenvalue weighted by molar-refractivity contribution is 0.0517. The van der Waals surface area contributed by atoms with Crippen molar-refractivity contribution in [1.82, 2.24) is 19.4 Å². The molecule has 0 radical (unpaired) electrons. The summed E-state index contributed by atoms with van der Waals surface area (Å²) in [5.41, 5.74) is 0.826. The molecule has 0 atom stereocenters. The number of halogens is 1. The van der Waals surface area contributed by atoms with E-state index in [1.165, 1.54) is 17.8 Å². The van der Waals surface area contributed by atoms with E-state index in [9.17, 15) is 14.0 Å². The van der Waals surface area contributed by atoms with Gasteiger partial charge in [0.15, 0.2) is 10.9 Å². The van der Waals surface area contributed by atoms with Gasteiger partial charge >= 0.3 is 0 Å². The van der Waals surface area contributed by atoms with Crippen molar-refractivity contribution in [3.63, 3.8) is 0 Å². The number of carbonyl (C=O) groups excluding carboxylic acids is 2. The summed E-state index contributed by atoms with van der Waals surface area (Å²) in [4.78, 5) is 33.0. The lowest BCUT2D eigenvalue weighted by Gasteiger charge is -2.34. The van der Waals surface area contributed by atoms with Crippen LogP contribution in [0.1, 0.15) is 32.2 Å². The van der Waals surface area contributed by atoms with Crippen molar-refractivity contribution in [2.45, 2.75) is 17.8 Å². The van der Waals surface area contributed by atoms with Crippen LogP contribution in [0.15, 0.2) is 52.3 Å². The van der Waals surface area contributed by atoms with Crippen LogP contribution in [0.2, 0.25) is 0 Å². The van der Waals surface area contributed by atoms with Gasteiger partial charge in [-0.15, -0.1) is 0 Å². The number of carbonyl (C=O) groups is 2. The summed E-state index contributed by atoms with van der Waals surface area (Å²) in [6, 6.07) is 7.98. The van der Waals surface area contributed by atoms with E-state index in [0.29, 0.717) is 48.8 Å². The SMILES string of the molecule is Cc1ccc(C(=O)N2CCN(C(=O)c3ccc(CSc4nccn4C)o3)CC2)cc1F. The molecule has 1 aliphatic heterocycles. The van der Waals surface area contributed by atoms with Gasteiger partial charge in [-0.25, -0.2) is 9.37 Å². The molecular weight excluding hydrogens is 419 g/mol. The van der Waals surface area contributed by atoms with Crippen molar-refractivity contribution < 1.29 is 18.4 Å². The Balaban J connectivity index is 1.32. The van der Waals surface area contributed by atoms with Crippen molar-refractivity contribution in [3.8, 4) is 0 Å². The Hall–Kier alpha value is -3.07. The maximum Gasteiger partial charge on any atom is 0.289 e. The van der Waals surface area contributed by atoms with Gasteiger partial charge in [0.05, 0.1) is 5.75 Å². The first-order chi connectivity index (χ1) is 14.9. The van der Waals surface area contributed by atoms with E-state index in [2.05, 4.69) is 4.98 Å². The minimum absolute atomic E-state index is 0.193. The van der Waals surface area contributed by atoms with Gasteiger partial charge in [-0.3, -0.25) is 9.59 Å². The van der Waals surface area contributed by atoms with E-state index in [1.54, 1.807) is 47.2 Å². The molecule has 4 rings (SSSR count). The highest BCUT2D eigenvalue weighted by molar-refractivity contribution is 7.98. The van der Waals surface area contributed by atoms with Crippen LogP contribution in [0.25, 0.3) is 0 Å². The lowest BCUT2D eigenvalue weighted by atomic mass is 10.1. The summed E-state index contributed by atoms with van der Waals surface area (Å²) in [7, 11) is 1.92. The third-order valence-electron chi connectivity index (χ3n) is 5.27. The monoisotopic (exact) mass is 442 g/mol. The molecule has 1 aliphatic rings. The maximum absolute atomic E-state index is 13.8. The number of amides is 2. The van der Waals surface area contributed by atoms with Crippen LogP contribution in [-0.4, -0.2) is 57.3 Å². The first kappa shape index (κ1) is 21.2. The summed E-state index contributed by atoms with van der Waals surface area (Å²) in [5, 5.41) is 0.874. The number of aromatic nitrogens is 2. The van der Waals surface area contributed by atoms with E-state index in [4.69, 9.17) is 4.42 Å². The Morgan fingerprint density at radius 2 is 1.81 bits per heavy atom. The van der Waals surface area contributed by atoms with Crippen LogP contribution in [0, 0.1) is 12.7 Å². The zero-order valence-electron chi connectivity index (χ0n) is 17.4. The van der Waals surface area contributed by atoms with Gasteiger partial charge in [0.2, 0.25) is 0 Å². The molecule has 1 saturated heterocycles. The smallest absolute Gasteiger partial charge is 0.289 e. The molecule has 1 fully saturated rings. The van der Waals surface area contributed by atoms with E-state index < -0.39 is 5.82 Å². The summed E-state index contributed by atoms with van der Waals surface area (Å²) < 4.78 is 21.4. The van der Waals surface area contributed by atoms with Crippen LogP contribution < -0.4 is 0 Å². The van der Waals surface area contributed by atoms with Crippen molar-refractivity contribution in [1.29, 1.82) is 0 Å². The van der Waals surface area contributed by atoms with E-state index >= 15 is 0 Å². The van der Waals surface area contributed by atoms with Crippen LogP contribution in [-0.2, 0) is 12.8 Å². The van der Waals surface area contributed by atoms with Crippen LogP contribution >= 0.6 is 11.8 Å². The molecule has 1 aromatic carbocycles. The molecule has 162 valence electrons. The Labute approximate surface area is 183 Å². The number of nitrogens with zero attached hydrogens (tertiary/aromatic N) is 4. The van der Waals surface area contributed by atoms with Crippen molar-refractivity contribution >= 4 is 23.6 Å². The topological polar surface area (TPSA) is 71.6 Å². The van der Waals surface area contributed by atoms with E-state index in [-0.39, 0.29) is 17.6 Å². The second kappa shape index (κ2) is 8.97. The average Bonchev–Trinajstić information content (AvgIpc) is 3.42. The van der Waals surface area contributed by atoms with Crippen LogP contribution in [0.3, 0.4) is 0 Å². The van der Waals surface area contributed by atoms with Gasteiger partial charge in [0.25, 0.3) is 11.8 Å². The van der Waals surface area contributed by atoms with Gasteiger partial charge in [-0.1, -0.05) is 17.8 Å². The lowest BCUT2D eigenvalue weighted by Crippen LogP contribution is -2.50. The molecule has 3 aromatic rings. The fourth-order valence-corrected chi connectivity index (χ4v) is 4.20. The Bertz CT molecular complexity index is 1100. The molecule has 0 N–H and O–H groups in total. The predicted octanol–water partition coefficient (Wildman–Crippen LogP) is 3.35. The molecule has 3 heterocycles. The first-order valence-corrected chi connectivity index (χ1v) is 10.9. The van der Waals surface area contributed by atoms with Gasteiger partial charge in [0.1, 0.15) is 11.6 Å².